The van der Waals surface area contributed by atoms with Crippen LogP contribution in [0.3, 0.4) is 0 Å². The molecule has 0 aromatic carbocycles. The van der Waals surface area contributed by atoms with Gasteiger partial charge in [-0.15, -0.1) is 0 Å². The van der Waals surface area contributed by atoms with E-state index in [1.54, 1.807) is 0 Å². The molecule has 104 valence electrons. The maximum absolute atomic E-state index is 12.9. The number of fused-ring (bicyclic) bond motifs is 2. The summed E-state index contributed by atoms with van der Waals surface area (Å²) in [5, 5.41) is 0. The summed E-state index contributed by atoms with van der Waals surface area (Å²) < 4.78 is 0. The van der Waals surface area contributed by atoms with Crippen molar-refractivity contribution in [1.82, 2.24) is 4.90 Å². The number of carbonyl (C=O) groups excluding carboxylic acids is 1. The molecule has 5 unspecified atom stereocenters. The minimum Gasteiger partial charge on any atom is -0.337 e. The van der Waals surface area contributed by atoms with Crippen LogP contribution >= 0.6 is 0 Å². The van der Waals surface area contributed by atoms with Gasteiger partial charge in [-0.25, -0.2) is 0 Å². The predicted octanol–water partition coefficient (Wildman–Crippen LogP) is 3.85. The van der Waals surface area contributed by atoms with E-state index in [1.807, 2.05) is 0 Å². The third-order valence-corrected chi connectivity index (χ3v) is 5.44. The number of hydrogen-bond acceptors (Lipinski definition) is 1. The maximum atomic E-state index is 12.9. The first kappa shape index (κ1) is 13.9. The van der Waals surface area contributed by atoms with Gasteiger partial charge in [-0.05, 0) is 57.8 Å². The van der Waals surface area contributed by atoms with Crippen LogP contribution < -0.4 is 0 Å². The molecule has 0 N–H and O–H groups in total. The summed E-state index contributed by atoms with van der Waals surface area (Å²) in [6.45, 7) is 8.79. The summed E-state index contributed by atoms with van der Waals surface area (Å²) in [7, 11) is 0. The molecule has 0 aromatic heterocycles. The van der Waals surface area contributed by atoms with Crippen LogP contribution in [0.15, 0.2) is 0 Å². The lowest BCUT2D eigenvalue weighted by Gasteiger charge is -2.37. The van der Waals surface area contributed by atoms with Gasteiger partial charge < -0.3 is 4.90 Å². The molecule has 2 fully saturated rings. The lowest BCUT2D eigenvalue weighted by atomic mass is 9.87. The Morgan fingerprint density at radius 3 is 2.11 bits per heavy atom. The van der Waals surface area contributed by atoms with Crippen molar-refractivity contribution in [1.29, 1.82) is 0 Å². The Bertz CT molecular complexity index is 291. The zero-order chi connectivity index (χ0) is 13.3. The summed E-state index contributed by atoms with van der Waals surface area (Å²) in [4.78, 5) is 15.1. The molecule has 0 aliphatic heterocycles. The van der Waals surface area contributed by atoms with Gasteiger partial charge in [0.05, 0.1) is 0 Å². The average Bonchev–Trinajstić information content (AvgIpc) is 3.00. The molecule has 18 heavy (non-hydrogen) atoms. The molecule has 0 spiro atoms. The van der Waals surface area contributed by atoms with Crippen molar-refractivity contribution in [3.05, 3.63) is 0 Å². The van der Waals surface area contributed by atoms with Crippen molar-refractivity contribution >= 4 is 5.91 Å². The lowest BCUT2D eigenvalue weighted by molar-refractivity contribution is -0.141. The van der Waals surface area contributed by atoms with Gasteiger partial charge in [0.25, 0.3) is 0 Å². The molecular weight excluding hydrogens is 222 g/mol. The highest BCUT2D eigenvalue weighted by molar-refractivity contribution is 5.80. The summed E-state index contributed by atoms with van der Waals surface area (Å²) in [6, 6.07) is 0.790. The third kappa shape index (κ3) is 2.44. The third-order valence-electron chi connectivity index (χ3n) is 5.44. The molecule has 0 aromatic rings. The van der Waals surface area contributed by atoms with Gasteiger partial charge in [0.1, 0.15) is 0 Å². The van der Waals surface area contributed by atoms with Crippen LogP contribution in [-0.2, 0) is 4.79 Å². The van der Waals surface area contributed by atoms with E-state index in [4.69, 9.17) is 0 Å². The number of hydrogen-bond donors (Lipinski definition) is 0. The van der Waals surface area contributed by atoms with Gasteiger partial charge in [0.15, 0.2) is 0 Å². The van der Waals surface area contributed by atoms with Gasteiger partial charge >= 0.3 is 0 Å². The lowest BCUT2D eigenvalue weighted by Crippen LogP contribution is -2.48. The van der Waals surface area contributed by atoms with E-state index in [2.05, 4.69) is 32.6 Å². The minimum atomic E-state index is 0.353. The Hall–Kier alpha value is -0.530. The first-order valence-electron chi connectivity index (χ1n) is 7.90. The van der Waals surface area contributed by atoms with E-state index in [1.165, 1.54) is 25.7 Å². The molecule has 2 aliphatic carbocycles. The van der Waals surface area contributed by atoms with Crippen LogP contribution in [0.4, 0.5) is 0 Å². The fraction of sp³-hybridized carbons (Fsp3) is 0.938. The van der Waals surface area contributed by atoms with E-state index >= 15 is 0 Å². The number of amides is 1. The Balaban J connectivity index is 2.08. The zero-order valence-corrected chi connectivity index (χ0v) is 12.5. The molecule has 1 amide bonds. The highest BCUT2D eigenvalue weighted by atomic mass is 16.2. The van der Waals surface area contributed by atoms with E-state index in [0.29, 0.717) is 29.8 Å². The molecule has 2 heteroatoms. The molecule has 2 rings (SSSR count). The molecule has 0 radical (unpaired) electrons. The zero-order valence-electron chi connectivity index (χ0n) is 12.5. The van der Waals surface area contributed by atoms with Crippen LogP contribution in [0.1, 0.15) is 66.2 Å². The van der Waals surface area contributed by atoms with E-state index < -0.39 is 0 Å². The molecular formula is C16H29NO. The Morgan fingerprint density at radius 1 is 1.11 bits per heavy atom. The van der Waals surface area contributed by atoms with E-state index in [9.17, 15) is 4.79 Å². The summed E-state index contributed by atoms with van der Waals surface area (Å²) in [5.74, 6) is 2.38. The molecule has 0 saturated heterocycles. The van der Waals surface area contributed by atoms with Gasteiger partial charge in [0.2, 0.25) is 5.91 Å². The Morgan fingerprint density at radius 2 is 1.72 bits per heavy atom. The second kappa shape index (κ2) is 5.63. The first-order valence-corrected chi connectivity index (χ1v) is 7.90. The molecule has 5 atom stereocenters. The molecule has 2 bridgehead atoms. The largest absolute Gasteiger partial charge is 0.337 e. The normalized spacial score (nSPS) is 33.4. The van der Waals surface area contributed by atoms with Crippen molar-refractivity contribution in [2.45, 2.75) is 78.3 Å². The maximum Gasteiger partial charge on any atom is 0.226 e. The second-order valence-electron chi connectivity index (χ2n) is 6.54. The molecule has 2 saturated carbocycles. The monoisotopic (exact) mass is 251 g/mol. The average molecular weight is 251 g/mol. The Kier molecular flexibility index (Phi) is 4.34. The van der Waals surface area contributed by atoms with Crippen molar-refractivity contribution in [3.8, 4) is 0 Å². The van der Waals surface area contributed by atoms with Crippen LogP contribution in [0, 0.1) is 17.8 Å². The van der Waals surface area contributed by atoms with Crippen molar-refractivity contribution in [2.75, 3.05) is 0 Å². The Labute approximate surface area is 112 Å². The second-order valence-corrected chi connectivity index (χ2v) is 6.54. The van der Waals surface area contributed by atoms with Crippen molar-refractivity contribution in [3.63, 3.8) is 0 Å². The minimum absolute atomic E-state index is 0.353. The SMILES string of the molecule is CCC(C)N(C(=O)C1CC2CCC1C2)C(C)CC. The van der Waals surface area contributed by atoms with Gasteiger partial charge in [-0.3, -0.25) is 4.79 Å². The highest BCUT2D eigenvalue weighted by Gasteiger charge is 2.45. The van der Waals surface area contributed by atoms with Crippen molar-refractivity contribution in [2.24, 2.45) is 17.8 Å². The smallest absolute Gasteiger partial charge is 0.226 e. The van der Waals surface area contributed by atoms with E-state index in [0.717, 1.165) is 18.8 Å². The van der Waals surface area contributed by atoms with Gasteiger partial charge in [0, 0.05) is 18.0 Å². The fourth-order valence-corrected chi connectivity index (χ4v) is 4.00. The first-order chi connectivity index (χ1) is 8.58. The quantitative estimate of drug-likeness (QED) is 0.727. The van der Waals surface area contributed by atoms with Crippen LogP contribution in [0.2, 0.25) is 0 Å². The number of nitrogens with zero attached hydrogens (tertiary/aromatic N) is 1. The van der Waals surface area contributed by atoms with Crippen LogP contribution in [0.5, 0.6) is 0 Å². The predicted molar refractivity (Wildman–Crippen MR) is 75.3 cm³/mol. The molecule has 2 aliphatic rings. The van der Waals surface area contributed by atoms with Gasteiger partial charge in [-0.2, -0.15) is 0 Å². The summed E-state index contributed by atoms with van der Waals surface area (Å²) in [6.07, 6.45) is 7.31. The number of carbonyl (C=O) groups is 1. The van der Waals surface area contributed by atoms with E-state index in [-0.39, 0.29) is 0 Å². The van der Waals surface area contributed by atoms with Crippen LogP contribution in [0.25, 0.3) is 0 Å². The topological polar surface area (TPSA) is 20.3 Å². The summed E-state index contributed by atoms with van der Waals surface area (Å²) in [5.41, 5.74) is 0. The number of rotatable bonds is 5. The molecule has 2 nitrogen and oxygen atoms in total. The molecule has 0 heterocycles. The van der Waals surface area contributed by atoms with Gasteiger partial charge in [-0.1, -0.05) is 20.3 Å². The summed E-state index contributed by atoms with van der Waals surface area (Å²) >= 11 is 0. The standard InChI is InChI=1S/C16H29NO/c1-5-11(3)17(12(4)6-2)16(18)15-10-13-7-8-14(15)9-13/h11-15H,5-10H2,1-4H3. The fourth-order valence-electron chi connectivity index (χ4n) is 4.00. The van der Waals surface area contributed by atoms with Crippen LogP contribution in [-0.4, -0.2) is 22.9 Å². The van der Waals surface area contributed by atoms with Crippen molar-refractivity contribution < 1.29 is 4.79 Å². The highest BCUT2D eigenvalue weighted by Crippen LogP contribution is 2.49.